The molecule has 2 aliphatic heterocycles. The van der Waals surface area contributed by atoms with Gasteiger partial charge >= 0.3 is 5.97 Å². The van der Waals surface area contributed by atoms with Crippen LogP contribution in [-0.2, 0) is 11.2 Å². The van der Waals surface area contributed by atoms with Gasteiger partial charge in [-0.3, -0.25) is 9.69 Å². The number of thioether (sulfide) groups is 1. The molecule has 3 fully saturated rings. The molecule has 0 aromatic heterocycles. The second-order valence-electron chi connectivity index (χ2n) is 13.6. The summed E-state index contributed by atoms with van der Waals surface area (Å²) in [5, 5.41) is 13.4. The molecule has 0 radical (unpaired) electrons. The van der Waals surface area contributed by atoms with Gasteiger partial charge in [0.05, 0.1) is 5.03 Å². The van der Waals surface area contributed by atoms with Gasteiger partial charge in [0.15, 0.2) is 0 Å². The van der Waals surface area contributed by atoms with Crippen LogP contribution in [0.2, 0.25) is 0 Å². The van der Waals surface area contributed by atoms with Crippen LogP contribution in [0.1, 0.15) is 70.8 Å². The Balaban J connectivity index is 0.000000539. The number of aliphatic carboxylic acids is 1. The van der Waals surface area contributed by atoms with Crippen molar-refractivity contribution in [3.8, 4) is 0 Å². The summed E-state index contributed by atoms with van der Waals surface area (Å²) in [7, 11) is 0. The lowest BCUT2D eigenvalue weighted by molar-refractivity contribution is -0.145. The maximum absolute atomic E-state index is 12.2. The van der Waals surface area contributed by atoms with Crippen molar-refractivity contribution < 1.29 is 9.90 Å². The molecule has 5 rings (SSSR count). The maximum Gasteiger partial charge on any atom is 0.321 e. The van der Waals surface area contributed by atoms with Crippen molar-refractivity contribution in [3.05, 3.63) is 120 Å². The number of allylic oxidation sites excluding steroid dienone is 3. The molecule has 0 amide bonds. The van der Waals surface area contributed by atoms with Gasteiger partial charge in [-0.25, -0.2) is 0 Å². The molecule has 2 aromatic carbocycles. The van der Waals surface area contributed by atoms with Crippen molar-refractivity contribution in [1.82, 2.24) is 14.7 Å². The standard InChI is InChI=1S/C32H49N3O2S.C6H6.C4H6/c1-25(2)24-38-26(3)35(21-15-27-10-6-4-7-11-27)30-16-18-33(19-17-30)22-28-14-20-34(23-28)31(32(36)37)29-12-8-5-9-13-29;1-2-4-6-5-3-1;1-3-4-2/h4,6-7,10-11,24,28-31H,3,5,8-9,12-23H2,1-2H3,(H,36,37);1-6H;3-4H,1-2H2. The number of rotatable bonds is 13. The van der Waals surface area contributed by atoms with Crippen molar-refractivity contribution in [2.75, 3.05) is 39.3 Å². The van der Waals surface area contributed by atoms with Gasteiger partial charge < -0.3 is 14.9 Å². The van der Waals surface area contributed by atoms with Crippen LogP contribution >= 0.6 is 11.8 Å². The summed E-state index contributed by atoms with van der Waals surface area (Å²) in [6.07, 6.45) is 13.6. The summed E-state index contributed by atoms with van der Waals surface area (Å²) in [4.78, 5) is 19.7. The van der Waals surface area contributed by atoms with Gasteiger partial charge in [0, 0.05) is 38.8 Å². The van der Waals surface area contributed by atoms with Crippen molar-refractivity contribution in [3.63, 3.8) is 0 Å². The Hall–Kier alpha value is -3.06. The molecule has 262 valence electrons. The molecule has 0 spiro atoms. The molecule has 3 aliphatic rings. The molecular weight excluding hydrogens is 611 g/mol. The van der Waals surface area contributed by atoms with Gasteiger partial charge in [-0.15, -0.1) is 0 Å². The van der Waals surface area contributed by atoms with Crippen molar-refractivity contribution >= 4 is 17.7 Å². The largest absolute Gasteiger partial charge is 0.480 e. The van der Waals surface area contributed by atoms with E-state index in [1.807, 2.05) is 36.4 Å². The molecule has 2 atom stereocenters. The minimum absolute atomic E-state index is 0.270. The van der Waals surface area contributed by atoms with E-state index in [1.54, 1.807) is 23.9 Å². The number of carboxylic acids is 1. The summed E-state index contributed by atoms with van der Waals surface area (Å²) in [6.45, 7) is 21.7. The van der Waals surface area contributed by atoms with E-state index in [0.29, 0.717) is 17.9 Å². The van der Waals surface area contributed by atoms with E-state index in [4.69, 9.17) is 0 Å². The predicted molar refractivity (Wildman–Crippen MR) is 207 cm³/mol. The molecule has 2 saturated heterocycles. The monoisotopic (exact) mass is 671 g/mol. The molecule has 2 unspecified atom stereocenters. The second-order valence-corrected chi connectivity index (χ2v) is 14.6. The minimum atomic E-state index is -0.597. The summed E-state index contributed by atoms with van der Waals surface area (Å²) in [5.74, 6) is 0.337. The zero-order chi connectivity index (χ0) is 34.6. The molecule has 0 bridgehead atoms. The molecule has 5 nitrogen and oxygen atoms in total. The molecule has 1 N–H and O–H groups in total. The summed E-state index contributed by atoms with van der Waals surface area (Å²) < 4.78 is 0. The van der Waals surface area contributed by atoms with Gasteiger partial charge in [-0.05, 0) is 81.7 Å². The zero-order valence-electron chi connectivity index (χ0n) is 29.7. The molecule has 48 heavy (non-hydrogen) atoms. The van der Waals surface area contributed by atoms with Gasteiger partial charge in [-0.1, -0.05) is 135 Å². The average Bonchev–Trinajstić information content (AvgIpc) is 3.57. The Morgan fingerprint density at radius 3 is 2.02 bits per heavy atom. The number of carbonyl (C=O) groups is 1. The van der Waals surface area contributed by atoms with Crippen LogP contribution in [0.15, 0.2) is 115 Å². The summed E-state index contributed by atoms with van der Waals surface area (Å²) in [6, 6.07) is 23.0. The van der Waals surface area contributed by atoms with E-state index in [0.717, 1.165) is 70.0 Å². The lowest BCUT2D eigenvalue weighted by atomic mass is 9.83. The number of hydrogen-bond donors (Lipinski definition) is 1. The Bertz CT molecular complexity index is 1200. The third kappa shape index (κ3) is 14.2. The smallest absolute Gasteiger partial charge is 0.321 e. The number of nitrogens with zero attached hydrogens (tertiary/aromatic N) is 3. The lowest BCUT2D eigenvalue weighted by Gasteiger charge is -2.41. The summed E-state index contributed by atoms with van der Waals surface area (Å²) >= 11 is 1.77. The van der Waals surface area contributed by atoms with Crippen LogP contribution in [0.25, 0.3) is 0 Å². The van der Waals surface area contributed by atoms with Crippen LogP contribution in [0.5, 0.6) is 0 Å². The highest BCUT2D eigenvalue weighted by atomic mass is 32.2. The van der Waals surface area contributed by atoms with Crippen molar-refractivity contribution in [2.24, 2.45) is 11.8 Å². The van der Waals surface area contributed by atoms with Gasteiger partial charge in [0.1, 0.15) is 6.04 Å². The van der Waals surface area contributed by atoms with Crippen LogP contribution in [0.4, 0.5) is 0 Å². The first-order chi connectivity index (χ1) is 23.3. The van der Waals surface area contributed by atoms with Crippen LogP contribution in [0, 0.1) is 11.8 Å². The average molecular weight is 672 g/mol. The van der Waals surface area contributed by atoms with E-state index in [9.17, 15) is 9.90 Å². The predicted octanol–water partition coefficient (Wildman–Crippen LogP) is 9.52. The molecule has 1 saturated carbocycles. The van der Waals surface area contributed by atoms with Crippen molar-refractivity contribution in [2.45, 2.75) is 83.7 Å². The maximum atomic E-state index is 12.2. The zero-order valence-corrected chi connectivity index (χ0v) is 30.5. The van der Waals surface area contributed by atoms with E-state index < -0.39 is 5.97 Å². The number of benzene rings is 2. The number of piperidine rings is 1. The van der Waals surface area contributed by atoms with Crippen LogP contribution in [-0.4, -0.2) is 77.1 Å². The van der Waals surface area contributed by atoms with E-state index >= 15 is 0 Å². The Morgan fingerprint density at radius 1 is 0.896 bits per heavy atom. The molecule has 1 aliphatic carbocycles. The highest BCUT2D eigenvalue weighted by Gasteiger charge is 2.38. The topological polar surface area (TPSA) is 47.0 Å². The molecule has 6 heteroatoms. The Morgan fingerprint density at radius 2 is 1.48 bits per heavy atom. The first-order valence-corrected chi connectivity index (χ1v) is 18.9. The number of hydrogen-bond acceptors (Lipinski definition) is 5. The first-order valence-electron chi connectivity index (χ1n) is 18.0. The third-order valence-corrected chi connectivity index (χ3v) is 10.7. The lowest BCUT2D eigenvalue weighted by Crippen LogP contribution is -2.47. The molecule has 2 aromatic rings. The van der Waals surface area contributed by atoms with E-state index in [2.05, 4.69) is 84.0 Å². The van der Waals surface area contributed by atoms with Gasteiger partial charge in [-0.2, -0.15) is 0 Å². The SMILES string of the molecule is C=C(SC=C(C)C)N(CCc1ccccc1)C1CCN(CC2CCN(C(C(=O)O)C3CCCCC3)C2)CC1.C=CC=C.c1ccccc1. The molecular formula is C42H61N3O2S. The number of likely N-dealkylation sites (tertiary alicyclic amines) is 2. The van der Waals surface area contributed by atoms with Gasteiger partial charge in [0.2, 0.25) is 0 Å². The second kappa shape index (κ2) is 22.6. The van der Waals surface area contributed by atoms with Gasteiger partial charge in [0.25, 0.3) is 0 Å². The minimum Gasteiger partial charge on any atom is -0.480 e. The fourth-order valence-corrected chi connectivity index (χ4v) is 7.94. The number of carboxylic acid groups (broad SMARTS) is 1. The Kier molecular flexibility index (Phi) is 18.5. The first kappa shape index (κ1) is 39.4. The van der Waals surface area contributed by atoms with Crippen LogP contribution < -0.4 is 0 Å². The van der Waals surface area contributed by atoms with Crippen molar-refractivity contribution in [1.29, 1.82) is 0 Å². The normalized spacial score (nSPS) is 19.4. The highest BCUT2D eigenvalue weighted by Crippen LogP contribution is 2.33. The highest BCUT2D eigenvalue weighted by molar-refractivity contribution is 8.05. The van der Waals surface area contributed by atoms with E-state index in [1.165, 1.54) is 43.2 Å². The third-order valence-electron chi connectivity index (χ3n) is 9.64. The van der Waals surface area contributed by atoms with Crippen LogP contribution in [0.3, 0.4) is 0 Å². The Labute approximate surface area is 296 Å². The van der Waals surface area contributed by atoms with E-state index in [-0.39, 0.29) is 6.04 Å². The quantitative estimate of drug-likeness (QED) is 0.214. The summed E-state index contributed by atoms with van der Waals surface area (Å²) in [5.41, 5.74) is 2.70. The fraction of sp³-hybridized carbons (Fsp3) is 0.500. The molecule has 2 heterocycles. The fourth-order valence-electron chi connectivity index (χ4n) is 7.19.